The van der Waals surface area contributed by atoms with E-state index in [1.807, 2.05) is 13.8 Å². The molecule has 1 rings (SSSR count). The molecule has 0 aliphatic heterocycles. The third-order valence-electron chi connectivity index (χ3n) is 1.89. The molecular formula is C8H11NO3. The third kappa shape index (κ3) is 1.47. The van der Waals surface area contributed by atoms with E-state index in [1.165, 1.54) is 6.20 Å². The molecule has 0 aromatic carbocycles. The van der Waals surface area contributed by atoms with Gasteiger partial charge >= 0.3 is 5.97 Å². The normalized spacial score (nSPS) is 12.8. The maximum absolute atomic E-state index is 10.6. The Morgan fingerprint density at radius 3 is 3.00 bits per heavy atom. The zero-order valence-electron chi connectivity index (χ0n) is 7.07. The average Bonchev–Trinajstić information content (AvgIpc) is 2.50. The van der Waals surface area contributed by atoms with E-state index in [1.54, 1.807) is 0 Å². The minimum absolute atomic E-state index is 0.110. The van der Waals surface area contributed by atoms with Crippen LogP contribution in [0.4, 0.5) is 0 Å². The van der Waals surface area contributed by atoms with E-state index in [2.05, 4.69) is 5.16 Å². The molecule has 0 saturated heterocycles. The van der Waals surface area contributed by atoms with Crippen LogP contribution in [0.3, 0.4) is 0 Å². The summed E-state index contributed by atoms with van der Waals surface area (Å²) in [5, 5.41) is 12.2. The summed E-state index contributed by atoms with van der Waals surface area (Å²) < 4.78 is 4.85. The Bertz CT molecular complexity index is 280. The largest absolute Gasteiger partial charge is 0.478 e. The van der Waals surface area contributed by atoms with Crippen LogP contribution >= 0.6 is 0 Å². The molecule has 0 fully saturated rings. The van der Waals surface area contributed by atoms with Crippen LogP contribution < -0.4 is 0 Å². The molecule has 4 heteroatoms. The van der Waals surface area contributed by atoms with Gasteiger partial charge in [0.25, 0.3) is 0 Å². The Balaban J connectivity index is 2.98. The lowest BCUT2D eigenvalue weighted by molar-refractivity contribution is 0.0693. The number of rotatable bonds is 3. The zero-order chi connectivity index (χ0) is 9.14. The summed E-state index contributed by atoms with van der Waals surface area (Å²) in [7, 11) is 0. The summed E-state index contributed by atoms with van der Waals surface area (Å²) in [6, 6.07) is 0. The van der Waals surface area contributed by atoms with Gasteiger partial charge < -0.3 is 9.63 Å². The van der Waals surface area contributed by atoms with Crippen molar-refractivity contribution < 1.29 is 14.4 Å². The third-order valence-corrected chi connectivity index (χ3v) is 1.89. The van der Waals surface area contributed by atoms with Crippen molar-refractivity contribution >= 4 is 5.97 Å². The van der Waals surface area contributed by atoms with Crippen LogP contribution in [0.5, 0.6) is 0 Å². The maximum Gasteiger partial charge on any atom is 0.340 e. The van der Waals surface area contributed by atoms with E-state index in [0.717, 1.165) is 6.42 Å². The Hall–Kier alpha value is -1.32. The number of hydrogen-bond acceptors (Lipinski definition) is 3. The number of carboxylic acids is 1. The molecule has 12 heavy (non-hydrogen) atoms. The number of hydrogen-bond donors (Lipinski definition) is 1. The summed E-state index contributed by atoms with van der Waals surface area (Å²) in [6.45, 7) is 3.88. The highest BCUT2D eigenvalue weighted by Gasteiger charge is 2.18. The number of carboxylic acid groups (broad SMARTS) is 1. The topological polar surface area (TPSA) is 63.3 Å². The van der Waals surface area contributed by atoms with Gasteiger partial charge in [0.05, 0.1) is 6.20 Å². The fourth-order valence-corrected chi connectivity index (χ4v) is 0.950. The summed E-state index contributed by atoms with van der Waals surface area (Å²) >= 11 is 0. The van der Waals surface area contributed by atoms with E-state index in [0.29, 0.717) is 5.76 Å². The standard InChI is InChI=1S/C8H11NO3/c1-3-5(2)7-6(8(10)11)4-9-12-7/h4-5H,3H2,1-2H3,(H,10,11). The maximum atomic E-state index is 10.6. The van der Waals surface area contributed by atoms with Crippen molar-refractivity contribution in [1.29, 1.82) is 0 Å². The lowest BCUT2D eigenvalue weighted by Gasteiger charge is -2.03. The lowest BCUT2D eigenvalue weighted by Crippen LogP contribution is -2.01. The van der Waals surface area contributed by atoms with Crippen LogP contribution in [0, 0.1) is 0 Å². The van der Waals surface area contributed by atoms with E-state index in [9.17, 15) is 4.79 Å². The van der Waals surface area contributed by atoms with Crippen molar-refractivity contribution in [3.8, 4) is 0 Å². The highest BCUT2D eigenvalue weighted by Crippen LogP contribution is 2.21. The molecule has 0 amide bonds. The molecule has 1 aromatic heterocycles. The van der Waals surface area contributed by atoms with Crippen molar-refractivity contribution in [3.63, 3.8) is 0 Å². The van der Waals surface area contributed by atoms with Crippen molar-refractivity contribution in [2.45, 2.75) is 26.2 Å². The first kappa shape index (κ1) is 8.77. The first-order chi connectivity index (χ1) is 5.66. The molecule has 4 nitrogen and oxygen atoms in total. The lowest BCUT2D eigenvalue weighted by atomic mass is 10.0. The van der Waals surface area contributed by atoms with Gasteiger partial charge in [-0.15, -0.1) is 0 Å². The number of aromatic nitrogens is 1. The molecule has 1 heterocycles. The van der Waals surface area contributed by atoms with E-state index in [-0.39, 0.29) is 11.5 Å². The first-order valence-electron chi connectivity index (χ1n) is 3.84. The van der Waals surface area contributed by atoms with Gasteiger partial charge in [0.2, 0.25) is 0 Å². The summed E-state index contributed by atoms with van der Waals surface area (Å²) in [5.74, 6) is -0.407. The molecule has 0 saturated carbocycles. The first-order valence-corrected chi connectivity index (χ1v) is 3.84. The second kappa shape index (κ2) is 3.38. The molecule has 66 valence electrons. The Morgan fingerprint density at radius 2 is 2.50 bits per heavy atom. The molecule has 0 aliphatic rings. The van der Waals surface area contributed by atoms with Crippen molar-refractivity contribution in [1.82, 2.24) is 5.16 Å². The molecule has 0 spiro atoms. The van der Waals surface area contributed by atoms with Gasteiger partial charge in [-0.1, -0.05) is 19.0 Å². The number of nitrogens with zero attached hydrogens (tertiary/aromatic N) is 1. The fourth-order valence-electron chi connectivity index (χ4n) is 0.950. The molecule has 0 radical (unpaired) electrons. The van der Waals surface area contributed by atoms with Gasteiger partial charge in [-0.25, -0.2) is 4.79 Å². The van der Waals surface area contributed by atoms with Crippen LogP contribution in [0.15, 0.2) is 10.7 Å². The zero-order valence-corrected chi connectivity index (χ0v) is 7.07. The second-order valence-corrected chi connectivity index (χ2v) is 2.72. The molecule has 0 aliphatic carbocycles. The minimum atomic E-state index is -0.980. The van der Waals surface area contributed by atoms with Gasteiger partial charge in [0.1, 0.15) is 5.56 Å². The van der Waals surface area contributed by atoms with E-state index in [4.69, 9.17) is 9.63 Å². The van der Waals surface area contributed by atoms with Crippen LogP contribution in [-0.2, 0) is 0 Å². The van der Waals surface area contributed by atoms with E-state index >= 15 is 0 Å². The molecule has 1 atom stereocenters. The predicted molar refractivity (Wildman–Crippen MR) is 42.2 cm³/mol. The highest BCUT2D eigenvalue weighted by atomic mass is 16.5. The van der Waals surface area contributed by atoms with Crippen molar-refractivity contribution in [3.05, 3.63) is 17.5 Å². The van der Waals surface area contributed by atoms with Crippen LogP contribution in [0.1, 0.15) is 42.3 Å². The summed E-state index contributed by atoms with van der Waals surface area (Å²) in [5.41, 5.74) is 0.171. The SMILES string of the molecule is CCC(C)c1oncc1C(=O)O. The predicted octanol–water partition coefficient (Wildman–Crippen LogP) is 1.89. The highest BCUT2D eigenvalue weighted by molar-refractivity contribution is 5.88. The Labute approximate surface area is 70.2 Å². The van der Waals surface area contributed by atoms with Gasteiger partial charge in [0, 0.05) is 5.92 Å². The van der Waals surface area contributed by atoms with E-state index < -0.39 is 5.97 Å². The number of carbonyl (C=O) groups is 1. The smallest absolute Gasteiger partial charge is 0.340 e. The monoisotopic (exact) mass is 169 g/mol. The molecular weight excluding hydrogens is 158 g/mol. The van der Waals surface area contributed by atoms with Crippen molar-refractivity contribution in [2.75, 3.05) is 0 Å². The van der Waals surface area contributed by atoms with Crippen molar-refractivity contribution in [2.24, 2.45) is 0 Å². The minimum Gasteiger partial charge on any atom is -0.478 e. The van der Waals surface area contributed by atoms with Gasteiger partial charge in [-0.3, -0.25) is 0 Å². The number of aromatic carboxylic acids is 1. The Kier molecular flexibility index (Phi) is 2.47. The molecule has 1 N–H and O–H groups in total. The van der Waals surface area contributed by atoms with Crippen LogP contribution in [-0.4, -0.2) is 16.2 Å². The Morgan fingerprint density at radius 1 is 1.83 bits per heavy atom. The molecule has 1 unspecified atom stereocenters. The second-order valence-electron chi connectivity index (χ2n) is 2.72. The molecule has 1 aromatic rings. The fraction of sp³-hybridized carbons (Fsp3) is 0.500. The van der Waals surface area contributed by atoms with Crippen LogP contribution in [0.25, 0.3) is 0 Å². The summed E-state index contributed by atoms with van der Waals surface area (Å²) in [6.07, 6.45) is 2.08. The van der Waals surface area contributed by atoms with Gasteiger partial charge in [-0.2, -0.15) is 0 Å². The van der Waals surface area contributed by atoms with Crippen LogP contribution in [0.2, 0.25) is 0 Å². The van der Waals surface area contributed by atoms with Gasteiger partial charge in [-0.05, 0) is 6.42 Å². The average molecular weight is 169 g/mol. The van der Waals surface area contributed by atoms with Gasteiger partial charge in [0.15, 0.2) is 5.76 Å². The quantitative estimate of drug-likeness (QED) is 0.750. The summed E-state index contributed by atoms with van der Waals surface area (Å²) in [4.78, 5) is 10.6. The molecule has 0 bridgehead atoms.